The van der Waals surface area contributed by atoms with E-state index in [-0.39, 0.29) is 0 Å². The smallest absolute Gasteiger partial charge is 0.187 e. The van der Waals surface area contributed by atoms with Crippen molar-refractivity contribution in [3.8, 4) is 5.75 Å². The summed E-state index contributed by atoms with van der Waals surface area (Å²) in [5.41, 5.74) is 2.06. The Morgan fingerprint density at radius 2 is 1.96 bits per heavy atom. The van der Waals surface area contributed by atoms with Crippen molar-refractivity contribution in [2.75, 3.05) is 11.9 Å². The van der Waals surface area contributed by atoms with E-state index in [1.807, 2.05) is 30.3 Å². The van der Waals surface area contributed by atoms with Gasteiger partial charge in [0.1, 0.15) is 5.75 Å². The summed E-state index contributed by atoms with van der Waals surface area (Å²) in [5.74, 6) is 0.298. The first-order chi connectivity index (χ1) is 11.7. The number of nitrogens with one attached hydrogen (secondary N) is 2. The zero-order valence-corrected chi connectivity index (χ0v) is 14.9. The molecule has 0 saturated carbocycles. The van der Waals surface area contributed by atoms with Crippen LogP contribution in [-0.2, 0) is 6.42 Å². The number of benzene rings is 2. The van der Waals surface area contributed by atoms with Crippen LogP contribution in [0.15, 0.2) is 41.8 Å². The summed E-state index contributed by atoms with van der Waals surface area (Å²) < 4.78 is 0. The van der Waals surface area contributed by atoms with Gasteiger partial charge in [0.05, 0.1) is 5.69 Å². The van der Waals surface area contributed by atoms with Gasteiger partial charge in [0, 0.05) is 34.3 Å². The van der Waals surface area contributed by atoms with Gasteiger partial charge in [-0.15, -0.1) is 11.3 Å². The number of phenolic OH excluding ortho intramolecular Hbond substituents is 1. The third kappa shape index (κ3) is 3.86. The molecule has 1 aromatic heterocycles. The minimum atomic E-state index is 0.298. The van der Waals surface area contributed by atoms with Crippen molar-refractivity contribution in [3.05, 3.63) is 47.5 Å². The third-order valence-electron chi connectivity index (χ3n) is 3.95. The van der Waals surface area contributed by atoms with E-state index in [2.05, 4.69) is 34.8 Å². The van der Waals surface area contributed by atoms with Crippen molar-refractivity contribution in [1.29, 1.82) is 0 Å². The van der Waals surface area contributed by atoms with Gasteiger partial charge in [-0.05, 0) is 32.0 Å². The highest BCUT2D eigenvalue weighted by molar-refractivity contribution is 7.13. The van der Waals surface area contributed by atoms with E-state index < -0.39 is 0 Å². The first kappa shape index (κ1) is 16.7. The fourth-order valence-electron chi connectivity index (χ4n) is 2.75. The molecule has 5 heteroatoms. The molecule has 0 radical (unpaired) electrons. The lowest BCUT2D eigenvalue weighted by Gasteiger charge is -2.11. The molecule has 1 unspecified atom stereocenters. The minimum absolute atomic E-state index is 0.298. The Balaban J connectivity index is 1.75. The molecular formula is C19H23N3OS. The summed E-state index contributed by atoms with van der Waals surface area (Å²) >= 11 is 1.61. The Morgan fingerprint density at radius 3 is 2.79 bits per heavy atom. The number of hydrogen-bond acceptors (Lipinski definition) is 5. The predicted octanol–water partition coefficient (Wildman–Crippen LogP) is 4.68. The third-order valence-corrected chi connectivity index (χ3v) is 4.76. The molecule has 0 fully saturated rings. The molecule has 1 atom stereocenters. The molecule has 3 N–H and O–H groups in total. The first-order valence-electron chi connectivity index (χ1n) is 8.33. The van der Waals surface area contributed by atoms with Crippen LogP contribution in [0.4, 0.5) is 10.8 Å². The van der Waals surface area contributed by atoms with Gasteiger partial charge in [-0.1, -0.05) is 31.2 Å². The maximum absolute atomic E-state index is 9.99. The standard InChI is InChI=1S/C19H23N3OS/c1-3-10-20-13(2)11-14-12-24-19(21-14)22-17-8-4-7-16-15(17)6-5-9-18(16)23/h4-9,12-13,20,23H,3,10-11H2,1-2H3,(H,21,22). The zero-order chi connectivity index (χ0) is 16.9. The summed E-state index contributed by atoms with van der Waals surface area (Å²) in [6.07, 6.45) is 2.07. The first-order valence-corrected chi connectivity index (χ1v) is 9.21. The molecule has 24 heavy (non-hydrogen) atoms. The zero-order valence-electron chi connectivity index (χ0n) is 14.0. The number of nitrogens with zero attached hydrogens (tertiary/aromatic N) is 1. The van der Waals surface area contributed by atoms with E-state index in [0.717, 1.165) is 46.7 Å². The van der Waals surface area contributed by atoms with Crippen LogP contribution >= 0.6 is 11.3 Å². The van der Waals surface area contributed by atoms with Crippen LogP contribution in [0.5, 0.6) is 5.75 Å². The highest BCUT2D eigenvalue weighted by atomic mass is 32.1. The van der Waals surface area contributed by atoms with Crippen LogP contribution in [0.3, 0.4) is 0 Å². The van der Waals surface area contributed by atoms with E-state index in [1.54, 1.807) is 17.4 Å². The molecule has 4 nitrogen and oxygen atoms in total. The molecule has 0 spiro atoms. The molecule has 0 bridgehead atoms. The number of aromatic hydroxyl groups is 1. The monoisotopic (exact) mass is 341 g/mol. The summed E-state index contributed by atoms with van der Waals surface area (Å²) in [5, 5.41) is 21.7. The summed E-state index contributed by atoms with van der Waals surface area (Å²) in [6, 6.07) is 11.9. The Hall–Kier alpha value is -2.11. The molecular weight excluding hydrogens is 318 g/mol. The van der Waals surface area contributed by atoms with Gasteiger partial charge in [0.15, 0.2) is 5.13 Å². The molecule has 1 heterocycles. The number of hydrogen-bond donors (Lipinski definition) is 3. The van der Waals surface area contributed by atoms with E-state index in [4.69, 9.17) is 0 Å². The largest absolute Gasteiger partial charge is 0.507 e. The second-order valence-electron chi connectivity index (χ2n) is 6.01. The van der Waals surface area contributed by atoms with Gasteiger partial charge >= 0.3 is 0 Å². The van der Waals surface area contributed by atoms with Gasteiger partial charge in [0.2, 0.25) is 0 Å². The fraction of sp³-hybridized carbons (Fsp3) is 0.316. The van der Waals surface area contributed by atoms with Crippen molar-refractivity contribution in [2.24, 2.45) is 0 Å². The van der Waals surface area contributed by atoms with E-state index >= 15 is 0 Å². The van der Waals surface area contributed by atoms with Gasteiger partial charge in [0.25, 0.3) is 0 Å². The van der Waals surface area contributed by atoms with Crippen LogP contribution in [-0.4, -0.2) is 22.7 Å². The maximum Gasteiger partial charge on any atom is 0.187 e. The summed E-state index contributed by atoms with van der Waals surface area (Å²) in [6.45, 7) is 5.40. The van der Waals surface area contributed by atoms with Crippen LogP contribution in [0, 0.1) is 0 Å². The Bertz CT molecular complexity index is 815. The van der Waals surface area contributed by atoms with Crippen molar-refractivity contribution in [1.82, 2.24) is 10.3 Å². The normalized spacial score (nSPS) is 12.4. The lowest BCUT2D eigenvalue weighted by Crippen LogP contribution is -2.28. The molecule has 0 amide bonds. The van der Waals surface area contributed by atoms with Crippen molar-refractivity contribution in [3.63, 3.8) is 0 Å². The van der Waals surface area contributed by atoms with Crippen LogP contribution in [0.1, 0.15) is 26.0 Å². The molecule has 126 valence electrons. The van der Waals surface area contributed by atoms with Gasteiger partial charge in [-0.2, -0.15) is 0 Å². The average Bonchev–Trinajstić information content (AvgIpc) is 3.01. The maximum atomic E-state index is 9.99. The molecule has 0 aliphatic carbocycles. The van der Waals surface area contributed by atoms with Gasteiger partial charge in [-0.3, -0.25) is 0 Å². The van der Waals surface area contributed by atoms with Crippen molar-refractivity contribution in [2.45, 2.75) is 32.7 Å². The molecule has 2 aromatic carbocycles. The SMILES string of the molecule is CCCNC(C)Cc1csc(Nc2cccc3c(O)cccc23)n1. The quantitative estimate of drug-likeness (QED) is 0.584. The molecule has 0 aliphatic rings. The molecule has 3 aromatic rings. The molecule has 3 rings (SSSR count). The fourth-order valence-corrected chi connectivity index (χ4v) is 3.49. The number of rotatable bonds is 7. The Morgan fingerprint density at radius 1 is 1.17 bits per heavy atom. The lowest BCUT2D eigenvalue weighted by molar-refractivity contribution is 0.481. The highest BCUT2D eigenvalue weighted by Crippen LogP contribution is 2.32. The average molecular weight is 341 g/mol. The molecule has 0 saturated heterocycles. The summed E-state index contributed by atoms with van der Waals surface area (Å²) in [7, 11) is 0. The predicted molar refractivity (Wildman–Crippen MR) is 102 cm³/mol. The Labute approximate surface area is 146 Å². The summed E-state index contributed by atoms with van der Waals surface area (Å²) in [4.78, 5) is 4.69. The highest BCUT2D eigenvalue weighted by Gasteiger charge is 2.09. The number of aromatic nitrogens is 1. The number of fused-ring (bicyclic) bond motifs is 1. The number of anilines is 2. The second kappa shape index (κ2) is 7.64. The van der Waals surface area contributed by atoms with Gasteiger partial charge < -0.3 is 15.7 Å². The number of thiazole rings is 1. The van der Waals surface area contributed by atoms with Crippen molar-refractivity contribution >= 4 is 32.9 Å². The van der Waals surface area contributed by atoms with Crippen LogP contribution in [0.2, 0.25) is 0 Å². The topological polar surface area (TPSA) is 57.2 Å². The van der Waals surface area contributed by atoms with Crippen molar-refractivity contribution < 1.29 is 5.11 Å². The van der Waals surface area contributed by atoms with Gasteiger partial charge in [-0.25, -0.2) is 4.98 Å². The Kier molecular flexibility index (Phi) is 5.33. The van der Waals surface area contributed by atoms with E-state index in [1.165, 1.54) is 0 Å². The second-order valence-corrected chi connectivity index (χ2v) is 6.86. The van der Waals surface area contributed by atoms with E-state index in [0.29, 0.717) is 11.8 Å². The van der Waals surface area contributed by atoms with Crippen LogP contribution in [0.25, 0.3) is 10.8 Å². The minimum Gasteiger partial charge on any atom is -0.507 e. The lowest BCUT2D eigenvalue weighted by atomic mass is 10.1. The number of phenols is 1. The molecule has 0 aliphatic heterocycles. The van der Waals surface area contributed by atoms with E-state index in [9.17, 15) is 5.11 Å². The van der Waals surface area contributed by atoms with Crippen LogP contribution < -0.4 is 10.6 Å².